The van der Waals surface area contributed by atoms with Crippen molar-refractivity contribution in [2.45, 2.75) is 121 Å². The summed E-state index contributed by atoms with van der Waals surface area (Å²) in [6.07, 6.45) is 9.92. The van der Waals surface area contributed by atoms with Gasteiger partial charge in [0.2, 0.25) is 5.91 Å². The summed E-state index contributed by atoms with van der Waals surface area (Å²) >= 11 is 0. The van der Waals surface area contributed by atoms with Crippen LogP contribution in [-0.2, 0) is 28.9 Å². The van der Waals surface area contributed by atoms with Crippen molar-refractivity contribution in [1.82, 2.24) is 19.1 Å². The van der Waals surface area contributed by atoms with Gasteiger partial charge in [-0.2, -0.15) is 0 Å². The number of carbonyl (C=O) groups is 2. The minimum Gasteiger partial charge on any atom is -0.497 e. The van der Waals surface area contributed by atoms with Gasteiger partial charge < -0.3 is 19.1 Å². The van der Waals surface area contributed by atoms with Crippen molar-refractivity contribution in [3.63, 3.8) is 0 Å². The van der Waals surface area contributed by atoms with Gasteiger partial charge >= 0.3 is 0 Å². The Bertz CT molecular complexity index is 2170. The van der Waals surface area contributed by atoms with Crippen molar-refractivity contribution >= 4 is 33.7 Å². The van der Waals surface area contributed by atoms with Crippen LogP contribution in [0.2, 0.25) is 0 Å². The summed E-state index contributed by atoms with van der Waals surface area (Å²) in [5.74, 6) is 1.29. The fraction of sp³-hybridized carbons (Fsp3) is 0.522. The van der Waals surface area contributed by atoms with Crippen LogP contribution >= 0.6 is 0 Å². The molecule has 1 N–H and O–H groups in total. The fourth-order valence-electron chi connectivity index (χ4n) is 11.4. The highest BCUT2D eigenvalue weighted by atomic mass is 32.2. The molecule has 290 valence electrons. The number of piperidine rings is 1. The van der Waals surface area contributed by atoms with Gasteiger partial charge in [0.05, 0.1) is 18.2 Å². The van der Waals surface area contributed by atoms with E-state index in [0.29, 0.717) is 23.9 Å². The summed E-state index contributed by atoms with van der Waals surface area (Å²) in [5, 5.41) is 0.982. The van der Waals surface area contributed by atoms with E-state index in [1.807, 2.05) is 26.0 Å². The molecule has 9 heteroatoms. The molecule has 9 rings (SSSR count). The van der Waals surface area contributed by atoms with Gasteiger partial charge in [0.15, 0.2) is 0 Å². The summed E-state index contributed by atoms with van der Waals surface area (Å²) in [4.78, 5) is 33.9. The molecule has 8 nitrogen and oxygen atoms in total. The van der Waals surface area contributed by atoms with E-state index in [-0.39, 0.29) is 34.6 Å². The molecule has 1 saturated heterocycles. The number of carbonyl (C=O) groups excluding carboxylic acids is 2. The lowest BCUT2D eigenvalue weighted by molar-refractivity contribution is -0.221. The molecule has 3 aromatic carbocycles. The minimum atomic E-state index is -1.48. The van der Waals surface area contributed by atoms with E-state index in [1.165, 1.54) is 59.0 Å². The van der Waals surface area contributed by atoms with Gasteiger partial charge in [-0.1, -0.05) is 62.6 Å². The molecular weight excluding hydrogens is 705 g/mol. The Morgan fingerprint density at radius 2 is 1.80 bits per heavy atom. The molecule has 0 bridgehead atoms. The third kappa shape index (κ3) is 5.81. The normalized spacial score (nSPS) is 27.3. The lowest BCUT2D eigenvalue weighted by Crippen LogP contribution is -2.80. The Morgan fingerprint density at radius 1 is 1.02 bits per heavy atom. The van der Waals surface area contributed by atoms with Crippen molar-refractivity contribution in [3.8, 4) is 17.0 Å². The third-order valence-electron chi connectivity index (χ3n) is 14.2. The number of likely N-dealkylation sites (tertiary alicyclic amines) is 1. The molecule has 5 aliphatic rings. The van der Waals surface area contributed by atoms with E-state index < -0.39 is 16.4 Å². The molecule has 2 amide bonds. The number of ether oxygens (including phenoxy) is 1. The van der Waals surface area contributed by atoms with Crippen LogP contribution in [-0.4, -0.2) is 68.4 Å². The van der Waals surface area contributed by atoms with Crippen molar-refractivity contribution in [3.05, 3.63) is 89.0 Å². The number of hydrogen-bond donors (Lipinski definition) is 1. The largest absolute Gasteiger partial charge is 0.497 e. The molecule has 4 aromatic rings. The lowest BCUT2D eigenvalue weighted by Gasteiger charge is -2.71. The monoisotopic (exact) mass is 760 g/mol. The van der Waals surface area contributed by atoms with Crippen LogP contribution in [0, 0.1) is 10.8 Å². The molecule has 3 aliphatic carbocycles. The molecule has 4 fully saturated rings. The predicted octanol–water partition coefficient (Wildman–Crippen LogP) is 8.56. The molecule has 3 saturated carbocycles. The molecular formula is C46H56N4O4S. The molecule has 6 unspecified atom stereocenters. The topological polar surface area (TPSA) is 83.9 Å². The van der Waals surface area contributed by atoms with Crippen LogP contribution in [0.1, 0.15) is 117 Å². The number of nitrogens with one attached hydrogen (secondary N) is 1. The van der Waals surface area contributed by atoms with Crippen LogP contribution in [0.25, 0.3) is 22.2 Å². The highest BCUT2D eigenvalue weighted by molar-refractivity contribution is 7.84. The second-order valence-corrected chi connectivity index (χ2v) is 19.4. The van der Waals surface area contributed by atoms with Crippen molar-refractivity contribution in [1.29, 1.82) is 0 Å². The van der Waals surface area contributed by atoms with Crippen molar-refractivity contribution < 1.29 is 18.5 Å². The van der Waals surface area contributed by atoms with Gasteiger partial charge in [-0.3, -0.25) is 14.3 Å². The van der Waals surface area contributed by atoms with Gasteiger partial charge in [-0.25, -0.2) is 4.21 Å². The van der Waals surface area contributed by atoms with Crippen LogP contribution in [0.15, 0.2) is 66.7 Å². The number of fused-ring (bicyclic) bond motifs is 8. The summed E-state index contributed by atoms with van der Waals surface area (Å²) in [6, 6.07) is 23.7. The Morgan fingerprint density at radius 3 is 2.49 bits per heavy atom. The second-order valence-electron chi connectivity index (χ2n) is 17.6. The quantitative estimate of drug-likeness (QED) is 0.166. The Kier molecular flexibility index (Phi) is 9.27. The number of methoxy groups -OCH3 is 1. The molecule has 6 atom stereocenters. The van der Waals surface area contributed by atoms with E-state index >= 15 is 4.79 Å². The zero-order valence-corrected chi connectivity index (χ0v) is 33.9. The first-order valence-corrected chi connectivity index (χ1v) is 21.9. The zero-order chi connectivity index (χ0) is 38.2. The van der Waals surface area contributed by atoms with E-state index in [2.05, 4.69) is 87.7 Å². The number of aromatic nitrogens is 1. The second kappa shape index (κ2) is 13.9. The molecule has 2 aliphatic heterocycles. The van der Waals surface area contributed by atoms with E-state index in [9.17, 15) is 9.00 Å². The molecule has 55 heavy (non-hydrogen) atoms. The number of nitrogens with zero attached hydrogens (tertiary/aromatic N) is 3. The average molecular weight is 761 g/mol. The van der Waals surface area contributed by atoms with Gasteiger partial charge in [-0.15, -0.1) is 0 Å². The van der Waals surface area contributed by atoms with Crippen LogP contribution in [0.3, 0.4) is 0 Å². The Labute approximate surface area is 328 Å². The van der Waals surface area contributed by atoms with Gasteiger partial charge in [-0.05, 0) is 112 Å². The summed E-state index contributed by atoms with van der Waals surface area (Å²) < 4.78 is 23.7. The number of hydrogen-bond acceptors (Lipinski definition) is 5. The van der Waals surface area contributed by atoms with Gasteiger partial charge in [0.1, 0.15) is 16.7 Å². The molecule has 3 heterocycles. The van der Waals surface area contributed by atoms with E-state index in [4.69, 9.17) is 4.74 Å². The fourth-order valence-corrected chi connectivity index (χ4v) is 12.0. The number of rotatable bonds is 11. The van der Waals surface area contributed by atoms with E-state index in [0.717, 1.165) is 56.5 Å². The van der Waals surface area contributed by atoms with Crippen molar-refractivity contribution in [2.75, 3.05) is 20.7 Å². The van der Waals surface area contributed by atoms with Crippen LogP contribution < -0.4 is 9.46 Å². The predicted molar refractivity (Wildman–Crippen MR) is 219 cm³/mol. The highest BCUT2D eigenvalue weighted by Gasteiger charge is 2.72. The third-order valence-corrected chi connectivity index (χ3v) is 15.4. The highest BCUT2D eigenvalue weighted by Crippen LogP contribution is 2.69. The first kappa shape index (κ1) is 36.7. The van der Waals surface area contributed by atoms with Crippen molar-refractivity contribution in [2.24, 2.45) is 10.8 Å². The smallest absolute Gasteiger partial charge is 0.263 e. The standard InChI is InChI=1S/C46H56N4O4S/c1-6-39-45(27-48(4)26-30-13-9-7-10-14-30)22-21-40(45)50(39)44(52)46-25-37(46)36-24-33(54-5)18-20-34(36)42-41(31-15-11-8-12-16-31)35-19-17-32(23-38(35)49(42)28-46)43(51)47-55(53)29(2)3/h7,9-10,13-14,17-20,23-24,29,31,37,39-40H,6,8,11-12,15-16,21-22,25-28H2,1-5H3,(H,47,51). The lowest BCUT2D eigenvalue weighted by atomic mass is 9.51. The number of benzene rings is 3. The Hall–Kier alpha value is -3.95. The molecule has 0 spiro atoms. The summed E-state index contributed by atoms with van der Waals surface area (Å²) in [5.41, 5.74) is 7.35. The maximum atomic E-state index is 15.5. The summed E-state index contributed by atoms with van der Waals surface area (Å²) in [7, 11) is 2.48. The summed E-state index contributed by atoms with van der Waals surface area (Å²) in [6.45, 7) is 8.43. The first-order valence-electron chi connectivity index (χ1n) is 20.7. The SMILES string of the molecule is CCC1N(C(=O)C23CC2c2cc(OC)ccc2-c2c(C4CCCCC4)c4ccc(C(=O)NS(=O)C(C)C)cc4n2C3)C2CCC12CN(C)Cc1ccccc1. The first-order chi connectivity index (χ1) is 26.6. The minimum absolute atomic E-state index is 0.0903. The van der Waals surface area contributed by atoms with E-state index in [1.54, 1.807) is 7.11 Å². The van der Waals surface area contributed by atoms with Gasteiger partial charge in [0.25, 0.3) is 5.91 Å². The average Bonchev–Trinajstić information content (AvgIpc) is 3.86. The Balaban J connectivity index is 1.13. The molecule has 1 aromatic heterocycles. The van der Waals surface area contributed by atoms with Crippen LogP contribution in [0.4, 0.5) is 0 Å². The molecule has 0 radical (unpaired) electrons. The van der Waals surface area contributed by atoms with Crippen LogP contribution in [0.5, 0.6) is 5.75 Å². The maximum absolute atomic E-state index is 15.5. The zero-order valence-electron chi connectivity index (χ0n) is 33.1. The van der Waals surface area contributed by atoms with Gasteiger partial charge in [0, 0.05) is 70.3 Å². The number of amides is 2. The maximum Gasteiger partial charge on any atom is 0.263 e.